The average molecular weight is 321 g/mol. The highest BCUT2D eigenvalue weighted by molar-refractivity contribution is 5.66. The third kappa shape index (κ3) is 2.98. The van der Waals surface area contributed by atoms with Crippen LogP contribution in [0.2, 0.25) is 0 Å². The van der Waals surface area contributed by atoms with E-state index in [0.29, 0.717) is 11.6 Å². The van der Waals surface area contributed by atoms with Gasteiger partial charge in [-0.2, -0.15) is 5.26 Å². The fourth-order valence-electron chi connectivity index (χ4n) is 4.21. The van der Waals surface area contributed by atoms with E-state index in [9.17, 15) is 5.26 Å². The molecule has 3 aliphatic rings. The van der Waals surface area contributed by atoms with Crippen LogP contribution in [0, 0.1) is 17.2 Å². The molecule has 1 aromatic carbocycles. The number of hydrogen-bond acceptors (Lipinski definition) is 4. The van der Waals surface area contributed by atoms with Crippen LogP contribution in [0.25, 0.3) is 11.3 Å². The van der Waals surface area contributed by atoms with E-state index in [4.69, 9.17) is 4.42 Å². The van der Waals surface area contributed by atoms with Crippen LogP contribution in [-0.2, 0) is 6.54 Å². The molecule has 124 valence electrons. The highest BCUT2D eigenvalue weighted by atomic mass is 16.3. The van der Waals surface area contributed by atoms with Crippen molar-refractivity contribution in [2.75, 3.05) is 26.7 Å². The first-order chi connectivity index (χ1) is 11.7. The molecule has 0 unspecified atom stereocenters. The van der Waals surface area contributed by atoms with Gasteiger partial charge in [0.25, 0.3) is 0 Å². The number of nitrogens with zero attached hydrogens (tertiary/aromatic N) is 3. The molecular weight excluding hydrogens is 298 g/mol. The second-order valence-electron chi connectivity index (χ2n) is 7.17. The predicted octanol–water partition coefficient (Wildman–Crippen LogP) is 3.34. The van der Waals surface area contributed by atoms with E-state index >= 15 is 0 Å². The zero-order valence-electron chi connectivity index (χ0n) is 14.1. The minimum atomic E-state index is 0.633. The molecule has 0 N–H and O–H groups in total. The zero-order chi connectivity index (χ0) is 16.5. The molecule has 5 rings (SSSR count). The van der Waals surface area contributed by atoms with E-state index in [1.54, 1.807) is 0 Å². The van der Waals surface area contributed by atoms with E-state index in [0.717, 1.165) is 36.1 Å². The minimum Gasteiger partial charge on any atom is -0.460 e. The molecule has 3 saturated heterocycles. The van der Waals surface area contributed by atoms with E-state index in [-0.39, 0.29) is 0 Å². The van der Waals surface area contributed by atoms with Crippen molar-refractivity contribution in [3.63, 3.8) is 0 Å². The van der Waals surface area contributed by atoms with Crippen LogP contribution in [0.1, 0.15) is 24.2 Å². The maximum atomic E-state index is 9.27. The molecule has 0 radical (unpaired) electrons. The highest BCUT2D eigenvalue weighted by Gasteiger charge is 2.33. The first-order valence-corrected chi connectivity index (χ1v) is 8.74. The highest BCUT2D eigenvalue weighted by Crippen LogP contribution is 2.30. The van der Waals surface area contributed by atoms with Crippen molar-refractivity contribution in [2.45, 2.75) is 25.4 Å². The van der Waals surface area contributed by atoms with Crippen molar-refractivity contribution in [2.24, 2.45) is 5.92 Å². The third-order valence-corrected chi connectivity index (χ3v) is 5.34. The fraction of sp³-hybridized carbons (Fsp3) is 0.450. The molecule has 0 spiro atoms. The standard InChI is InChI=1S/C20H23N3O/c1-22-11-15-6-7-17(13-22)23(12-15)14-18-8-9-20(24-18)19-5-3-2-4-16(19)10-21/h2-5,8-9,15,17H,6-7,11-14H2,1H3/t15-,17+/m0/s1. The summed E-state index contributed by atoms with van der Waals surface area (Å²) in [6.07, 6.45) is 2.64. The van der Waals surface area contributed by atoms with Crippen LogP contribution in [-0.4, -0.2) is 42.5 Å². The predicted molar refractivity (Wildman–Crippen MR) is 93.3 cm³/mol. The monoisotopic (exact) mass is 321 g/mol. The van der Waals surface area contributed by atoms with Crippen molar-refractivity contribution in [3.8, 4) is 17.4 Å². The van der Waals surface area contributed by atoms with Crippen molar-refractivity contribution in [1.29, 1.82) is 5.26 Å². The Morgan fingerprint density at radius 3 is 2.88 bits per heavy atom. The summed E-state index contributed by atoms with van der Waals surface area (Å²) in [5.41, 5.74) is 1.54. The van der Waals surface area contributed by atoms with Crippen LogP contribution >= 0.6 is 0 Å². The molecule has 2 aromatic rings. The smallest absolute Gasteiger partial charge is 0.135 e. The van der Waals surface area contributed by atoms with Gasteiger partial charge in [-0.05, 0) is 50.1 Å². The molecule has 3 fully saturated rings. The molecule has 0 aliphatic carbocycles. The van der Waals surface area contributed by atoms with Crippen LogP contribution in [0.4, 0.5) is 0 Å². The third-order valence-electron chi connectivity index (χ3n) is 5.34. The summed E-state index contributed by atoms with van der Waals surface area (Å²) in [7, 11) is 2.23. The number of hydrogen-bond donors (Lipinski definition) is 0. The molecule has 1 aromatic heterocycles. The molecular formula is C20H23N3O. The quantitative estimate of drug-likeness (QED) is 0.869. The summed E-state index contributed by atoms with van der Waals surface area (Å²) in [4.78, 5) is 5.05. The van der Waals surface area contributed by atoms with Crippen molar-refractivity contribution < 1.29 is 4.42 Å². The van der Waals surface area contributed by atoms with E-state index < -0.39 is 0 Å². The van der Waals surface area contributed by atoms with Crippen molar-refractivity contribution in [3.05, 3.63) is 47.7 Å². The summed E-state index contributed by atoms with van der Waals surface area (Å²) in [6.45, 7) is 4.40. The van der Waals surface area contributed by atoms with E-state index in [1.807, 2.05) is 30.3 Å². The Labute approximate surface area is 143 Å². The molecule has 3 aliphatic heterocycles. The van der Waals surface area contributed by atoms with Gasteiger partial charge >= 0.3 is 0 Å². The van der Waals surface area contributed by atoms with Gasteiger partial charge in [-0.25, -0.2) is 0 Å². The number of fused-ring (bicyclic) bond motifs is 4. The maximum Gasteiger partial charge on any atom is 0.135 e. The number of nitriles is 1. The summed E-state index contributed by atoms with van der Waals surface area (Å²) in [5, 5.41) is 9.27. The molecule has 0 saturated carbocycles. The Morgan fingerprint density at radius 2 is 2.00 bits per heavy atom. The lowest BCUT2D eigenvalue weighted by atomic mass is 9.95. The van der Waals surface area contributed by atoms with E-state index in [1.165, 1.54) is 25.9 Å². The van der Waals surface area contributed by atoms with Gasteiger partial charge in [0.2, 0.25) is 0 Å². The fourth-order valence-corrected chi connectivity index (χ4v) is 4.21. The van der Waals surface area contributed by atoms with Crippen LogP contribution in [0.5, 0.6) is 0 Å². The van der Waals surface area contributed by atoms with Crippen LogP contribution in [0.3, 0.4) is 0 Å². The Hall–Kier alpha value is -2.09. The molecule has 2 bridgehead atoms. The summed E-state index contributed by atoms with van der Waals surface area (Å²) < 4.78 is 6.08. The van der Waals surface area contributed by atoms with Crippen molar-refractivity contribution >= 4 is 0 Å². The van der Waals surface area contributed by atoms with Crippen molar-refractivity contribution in [1.82, 2.24) is 9.80 Å². The second-order valence-corrected chi connectivity index (χ2v) is 7.17. The van der Waals surface area contributed by atoms with Gasteiger partial charge in [-0.1, -0.05) is 12.1 Å². The van der Waals surface area contributed by atoms with Gasteiger partial charge in [-0.15, -0.1) is 0 Å². The molecule has 24 heavy (non-hydrogen) atoms. The van der Waals surface area contributed by atoms with Crippen LogP contribution < -0.4 is 0 Å². The summed E-state index contributed by atoms with van der Waals surface area (Å²) in [6, 6.07) is 14.5. The first-order valence-electron chi connectivity index (χ1n) is 8.74. The van der Waals surface area contributed by atoms with Crippen LogP contribution in [0.15, 0.2) is 40.8 Å². The first kappa shape index (κ1) is 15.4. The topological polar surface area (TPSA) is 43.4 Å². The van der Waals surface area contributed by atoms with Gasteiger partial charge in [-0.3, -0.25) is 4.90 Å². The normalized spacial score (nSPS) is 24.7. The molecule has 0 amide bonds. The number of furan rings is 1. The van der Waals surface area contributed by atoms with Gasteiger partial charge < -0.3 is 9.32 Å². The zero-order valence-corrected chi connectivity index (χ0v) is 14.1. The largest absolute Gasteiger partial charge is 0.460 e. The minimum absolute atomic E-state index is 0.633. The lowest BCUT2D eigenvalue weighted by Gasteiger charge is -2.35. The maximum absolute atomic E-state index is 9.27. The Morgan fingerprint density at radius 1 is 1.12 bits per heavy atom. The molecule has 2 atom stereocenters. The van der Waals surface area contributed by atoms with Gasteiger partial charge in [0.1, 0.15) is 11.5 Å². The SMILES string of the molecule is CN1C[C@@H]2CC[C@H](C1)N(Cc1ccc(-c3ccccc3C#N)o1)C2. The lowest BCUT2D eigenvalue weighted by molar-refractivity contribution is 0.116. The Balaban J connectivity index is 1.53. The Bertz CT molecular complexity index is 760. The Kier molecular flexibility index (Phi) is 4.13. The summed E-state index contributed by atoms with van der Waals surface area (Å²) in [5.74, 6) is 2.56. The second kappa shape index (κ2) is 6.43. The van der Waals surface area contributed by atoms with Gasteiger partial charge in [0.05, 0.1) is 18.2 Å². The number of rotatable bonds is 3. The van der Waals surface area contributed by atoms with Gasteiger partial charge in [0.15, 0.2) is 0 Å². The number of benzene rings is 1. The number of piperidine rings is 1. The molecule has 4 nitrogen and oxygen atoms in total. The van der Waals surface area contributed by atoms with E-state index in [2.05, 4.69) is 29.0 Å². The molecule has 4 heterocycles. The average Bonchev–Trinajstić information content (AvgIpc) is 2.90. The summed E-state index contributed by atoms with van der Waals surface area (Å²) >= 11 is 0. The number of likely N-dealkylation sites (N-methyl/N-ethyl adjacent to an activating group) is 1. The van der Waals surface area contributed by atoms with Gasteiger partial charge in [0, 0.05) is 31.2 Å². The molecule has 4 heteroatoms. The lowest BCUT2D eigenvalue weighted by Crippen LogP contribution is -2.42.